The number of carbonyl (C=O) groups excluding carboxylic acids is 1. The van der Waals surface area contributed by atoms with Crippen molar-refractivity contribution in [1.82, 2.24) is 9.97 Å². The van der Waals surface area contributed by atoms with Crippen LogP contribution in [0.25, 0.3) is 0 Å². The Bertz CT molecular complexity index is 729. The second-order valence-electron chi connectivity index (χ2n) is 6.15. The van der Waals surface area contributed by atoms with Gasteiger partial charge < -0.3 is 15.4 Å². The number of nitrogens with zero attached hydrogens (tertiary/aromatic N) is 2. The molecule has 0 aliphatic carbocycles. The zero-order chi connectivity index (χ0) is 17.7. The number of halogens is 1. The zero-order valence-electron chi connectivity index (χ0n) is 14.2. The van der Waals surface area contributed by atoms with Crippen molar-refractivity contribution in [3.8, 4) is 5.88 Å². The van der Waals surface area contributed by atoms with E-state index in [4.69, 9.17) is 4.74 Å². The first kappa shape index (κ1) is 17.7. The van der Waals surface area contributed by atoms with Gasteiger partial charge in [0.1, 0.15) is 11.5 Å². The maximum atomic E-state index is 13.7. The number of ether oxygens (including phenoxy) is 1. The van der Waals surface area contributed by atoms with Gasteiger partial charge in [0.05, 0.1) is 6.61 Å². The van der Waals surface area contributed by atoms with E-state index < -0.39 is 11.2 Å². The SMILES string of the molecule is CCOc1nc(Nc2ncccc2F)ccc1NC(=O)C(C)(C)C. The molecule has 2 rings (SSSR count). The van der Waals surface area contributed by atoms with E-state index in [9.17, 15) is 9.18 Å². The van der Waals surface area contributed by atoms with Crippen molar-refractivity contribution >= 4 is 23.2 Å². The van der Waals surface area contributed by atoms with E-state index in [2.05, 4.69) is 20.6 Å². The summed E-state index contributed by atoms with van der Waals surface area (Å²) < 4.78 is 19.1. The number of nitrogens with one attached hydrogen (secondary N) is 2. The van der Waals surface area contributed by atoms with E-state index in [0.717, 1.165) is 0 Å². The van der Waals surface area contributed by atoms with Crippen molar-refractivity contribution in [2.45, 2.75) is 27.7 Å². The molecule has 0 unspecified atom stereocenters. The highest BCUT2D eigenvalue weighted by Crippen LogP contribution is 2.28. The molecule has 0 aliphatic rings. The summed E-state index contributed by atoms with van der Waals surface area (Å²) in [5, 5.41) is 5.59. The third-order valence-corrected chi connectivity index (χ3v) is 3.08. The number of aromatic nitrogens is 2. The van der Waals surface area contributed by atoms with Crippen molar-refractivity contribution in [2.75, 3.05) is 17.2 Å². The third kappa shape index (κ3) is 4.41. The van der Waals surface area contributed by atoms with Crippen LogP contribution < -0.4 is 15.4 Å². The molecule has 2 heterocycles. The first-order chi connectivity index (χ1) is 11.3. The Balaban J connectivity index is 2.26. The average molecular weight is 332 g/mol. The van der Waals surface area contributed by atoms with Crippen molar-refractivity contribution in [1.29, 1.82) is 0 Å². The van der Waals surface area contributed by atoms with E-state index in [1.54, 1.807) is 12.1 Å². The van der Waals surface area contributed by atoms with Crippen LogP contribution in [-0.2, 0) is 4.79 Å². The standard InChI is InChI=1S/C17H21FN4O2/c1-5-24-15-12(20-16(23)17(2,3)4)8-9-13(22-15)21-14-11(18)7-6-10-19-14/h6-10H,5H2,1-4H3,(H,20,23)(H,19,21,22). The van der Waals surface area contributed by atoms with Crippen molar-refractivity contribution in [3.63, 3.8) is 0 Å². The van der Waals surface area contributed by atoms with Crippen LogP contribution in [0.15, 0.2) is 30.5 Å². The van der Waals surface area contributed by atoms with Gasteiger partial charge in [-0.3, -0.25) is 4.79 Å². The summed E-state index contributed by atoms with van der Waals surface area (Å²) >= 11 is 0. The molecule has 2 aromatic rings. The topological polar surface area (TPSA) is 76.1 Å². The Hall–Kier alpha value is -2.70. The van der Waals surface area contributed by atoms with Crippen LogP contribution in [0.2, 0.25) is 0 Å². The molecular formula is C17H21FN4O2. The zero-order valence-corrected chi connectivity index (χ0v) is 14.2. The lowest BCUT2D eigenvalue weighted by atomic mass is 9.95. The summed E-state index contributed by atoms with van der Waals surface area (Å²) in [5.74, 6) is 0.0595. The van der Waals surface area contributed by atoms with E-state index in [0.29, 0.717) is 18.1 Å². The maximum Gasteiger partial charge on any atom is 0.239 e. The molecule has 2 aromatic heterocycles. The lowest BCUT2D eigenvalue weighted by Crippen LogP contribution is -2.28. The van der Waals surface area contributed by atoms with Crippen LogP contribution in [0.3, 0.4) is 0 Å². The molecule has 1 amide bonds. The number of pyridine rings is 2. The molecule has 24 heavy (non-hydrogen) atoms. The minimum Gasteiger partial charge on any atom is -0.476 e. The molecule has 0 saturated carbocycles. The molecule has 0 fully saturated rings. The summed E-state index contributed by atoms with van der Waals surface area (Å²) in [6.07, 6.45) is 1.48. The minimum absolute atomic E-state index is 0.0684. The number of anilines is 3. The van der Waals surface area contributed by atoms with Crippen LogP contribution in [0.5, 0.6) is 5.88 Å². The molecule has 0 saturated heterocycles. The fraction of sp³-hybridized carbons (Fsp3) is 0.353. The van der Waals surface area contributed by atoms with Gasteiger partial charge in [0, 0.05) is 11.6 Å². The summed E-state index contributed by atoms with van der Waals surface area (Å²) in [6.45, 7) is 7.64. The van der Waals surface area contributed by atoms with Gasteiger partial charge in [-0.25, -0.2) is 9.37 Å². The van der Waals surface area contributed by atoms with Crippen molar-refractivity contribution in [3.05, 3.63) is 36.3 Å². The molecule has 0 aliphatic heterocycles. The number of carbonyl (C=O) groups is 1. The predicted molar refractivity (Wildman–Crippen MR) is 91.0 cm³/mol. The van der Waals surface area contributed by atoms with Crippen molar-refractivity contribution in [2.24, 2.45) is 5.41 Å². The van der Waals surface area contributed by atoms with Crippen LogP contribution in [0.4, 0.5) is 21.7 Å². The Morgan fingerprint density at radius 2 is 2.04 bits per heavy atom. The van der Waals surface area contributed by atoms with Gasteiger partial charge in [-0.1, -0.05) is 20.8 Å². The predicted octanol–water partition coefficient (Wildman–Crippen LogP) is 3.74. The normalized spacial score (nSPS) is 11.0. The summed E-state index contributed by atoms with van der Waals surface area (Å²) in [7, 11) is 0. The highest BCUT2D eigenvalue weighted by atomic mass is 19.1. The lowest BCUT2D eigenvalue weighted by molar-refractivity contribution is -0.123. The van der Waals surface area contributed by atoms with Crippen LogP contribution >= 0.6 is 0 Å². The largest absolute Gasteiger partial charge is 0.476 e. The summed E-state index contributed by atoms with van der Waals surface area (Å²) in [4.78, 5) is 20.3. The molecule has 0 aromatic carbocycles. The van der Waals surface area contributed by atoms with Crippen molar-refractivity contribution < 1.29 is 13.9 Å². The van der Waals surface area contributed by atoms with Crippen LogP contribution in [0, 0.1) is 11.2 Å². The van der Waals surface area contributed by atoms with E-state index in [-0.39, 0.29) is 17.6 Å². The fourth-order valence-electron chi connectivity index (χ4n) is 1.76. The van der Waals surface area contributed by atoms with E-state index in [1.165, 1.54) is 18.3 Å². The molecule has 128 valence electrons. The van der Waals surface area contributed by atoms with E-state index in [1.807, 2.05) is 27.7 Å². The molecule has 0 radical (unpaired) electrons. The number of rotatable bonds is 5. The van der Waals surface area contributed by atoms with Gasteiger partial charge in [0.15, 0.2) is 11.6 Å². The molecule has 0 bridgehead atoms. The highest BCUT2D eigenvalue weighted by Gasteiger charge is 2.23. The Morgan fingerprint density at radius 3 is 2.67 bits per heavy atom. The minimum atomic E-state index is -0.544. The van der Waals surface area contributed by atoms with Gasteiger partial charge in [0.25, 0.3) is 0 Å². The Kier molecular flexibility index (Phi) is 5.33. The Morgan fingerprint density at radius 1 is 1.29 bits per heavy atom. The third-order valence-electron chi connectivity index (χ3n) is 3.08. The molecule has 2 N–H and O–H groups in total. The molecular weight excluding hydrogens is 311 g/mol. The van der Waals surface area contributed by atoms with Crippen LogP contribution in [0.1, 0.15) is 27.7 Å². The Labute approximate surface area is 140 Å². The number of amides is 1. The van der Waals surface area contributed by atoms with Crippen LogP contribution in [-0.4, -0.2) is 22.5 Å². The second-order valence-corrected chi connectivity index (χ2v) is 6.15. The number of hydrogen-bond acceptors (Lipinski definition) is 5. The molecule has 0 atom stereocenters. The van der Waals surface area contributed by atoms with Gasteiger partial charge in [-0.05, 0) is 31.2 Å². The average Bonchev–Trinajstić information content (AvgIpc) is 2.51. The van der Waals surface area contributed by atoms with Gasteiger partial charge in [-0.2, -0.15) is 4.98 Å². The number of hydrogen-bond donors (Lipinski definition) is 2. The first-order valence-corrected chi connectivity index (χ1v) is 7.64. The highest BCUT2D eigenvalue weighted by molar-refractivity contribution is 5.95. The molecule has 6 nitrogen and oxygen atoms in total. The maximum absolute atomic E-state index is 13.7. The smallest absolute Gasteiger partial charge is 0.239 e. The summed E-state index contributed by atoms with van der Waals surface area (Å²) in [5.41, 5.74) is -0.0823. The molecule has 7 heteroatoms. The van der Waals surface area contributed by atoms with Gasteiger partial charge in [0.2, 0.25) is 11.8 Å². The monoisotopic (exact) mass is 332 g/mol. The second kappa shape index (κ2) is 7.25. The first-order valence-electron chi connectivity index (χ1n) is 7.64. The van der Waals surface area contributed by atoms with Gasteiger partial charge >= 0.3 is 0 Å². The molecule has 0 spiro atoms. The van der Waals surface area contributed by atoms with Gasteiger partial charge in [-0.15, -0.1) is 0 Å². The quantitative estimate of drug-likeness (QED) is 0.872. The lowest BCUT2D eigenvalue weighted by Gasteiger charge is -2.19. The van der Waals surface area contributed by atoms with E-state index >= 15 is 0 Å². The summed E-state index contributed by atoms with van der Waals surface area (Å²) in [6, 6.07) is 6.08. The fourth-order valence-corrected chi connectivity index (χ4v) is 1.76.